The van der Waals surface area contributed by atoms with Gasteiger partial charge in [-0.1, -0.05) is 85.8 Å². The maximum Gasteiger partial charge on any atom is 0.423 e. The molecule has 0 saturated heterocycles. The van der Waals surface area contributed by atoms with Gasteiger partial charge in [0.05, 0.1) is 6.04 Å². The molecule has 36 heavy (non-hydrogen) atoms. The fourth-order valence-corrected chi connectivity index (χ4v) is 4.14. The van der Waals surface area contributed by atoms with Crippen LogP contribution in [0.25, 0.3) is 0 Å². The van der Waals surface area contributed by atoms with Gasteiger partial charge in [-0.2, -0.15) is 17.5 Å². The molecule has 0 bridgehead atoms. The highest BCUT2D eigenvalue weighted by Crippen LogP contribution is 2.21. The van der Waals surface area contributed by atoms with Crippen molar-refractivity contribution in [3.63, 3.8) is 0 Å². The highest BCUT2D eigenvalue weighted by molar-refractivity contribution is 7.80. The van der Waals surface area contributed by atoms with E-state index in [4.69, 9.17) is 4.74 Å². The van der Waals surface area contributed by atoms with Crippen molar-refractivity contribution in [1.29, 1.82) is 0 Å². The first-order valence-electron chi connectivity index (χ1n) is 11.4. The molecule has 2 unspecified atom stereocenters. The number of benzene rings is 2. The van der Waals surface area contributed by atoms with E-state index in [9.17, 15) is 14.4 Å². The Morgan fingerprint density at radius 1 is 1.03 bits per heavy atom. The van der Waals surface area contributed by atoms with Crippen molar-refractivity contribution in [3.05, 3.63) is 77.3 Å². The highest BCUT2D eigenvalue weighted by atomic mass is 32.1. The second kappa shape index (κ2) is 13.7. The van der Waals surface area contributed by atoms with Crippen LogP contribution in [-0.4, -0.2) is 45.9 Å². The number of imide groups is 1. The number of hydrogen-bond acceptors (Lipinski definition) is 9. The van der Waals surface area contributed by atoms with Crippen LogP contribution >= 0.6 is 24.0 Å². The summed E-state index contributed by atoms with van der Waals surface area (Å²) < 4.78 is 5.39. The van der Waals surface area contributed by atoms with Crippen molar-refractivity contribution in [1.82, 2.24) is 20.8 Å². The summed E-state index contributed by atoms with van der Waals surface area (Å²) in [7, 11) is 0. The van der Waals surface area contributed by atoms with Crippen LogP contribution in [0.4, 0.5) is 9.93 Å². The Morgan fingerprint density at radius 2 is 1.67 bits per heavy atom. The number of amides is 3. The largest absolute Gasteiger partial charge is 0.444 e. The molecule has 0 spiro atoms. The van der Waals surface area contributed by atoms with Crippen LogP contribution in [0.5, 0.6) is 0 Å². The third kappa shape index (κ3) is 7.61. The summed E-state index contributed by atoms with van der Waals surface area (Å²) in [6.07, 6.45) is -0.895. The third-order valence-electron chi connectivity index (χ3n) is 5.27. The molecule has 0 aliphatic carbocycles. The lowest BCUT2D eigenvalue weighted by atomic mass is 10.0. The Hall–Kier alpha value is -3.28. The van der Waals surface area contributed by atoms with Crippen LogP contribution in [0, 0.1) is 5.92 Å². The zero-order valence-electron chi connectivity index (χ0n) is 20.0. The fourth-order valence-electron chi connectivity index (χ4n) is 3.29. The Labute approximate surface area is 219 Å². The lowest BCUT2D eigenvalue weighted by Crippen LogP contribution is -2.57. The molecule has 11 heteroatoms. The first-order chi connectivity index (χ1) is 17.4. The summed E-state index contributed by atoms with van der Waals surface area (Å²) in [4.78, 5) is 40.5. The van der Waals surface area contributed by atoms with E-state index in [1.807, 2.05) is 60.7 Å². The average molecular weight is 528 g/mol. The van der Waals surface area contributed by atoms with E-state index < -0.39 is 30.0 Å². The topological polar surface area (TPSA) is 114 Å². The van der Waals surface area contributed by atoms with Crippen molar-refractivity contribution < 1.29 is 19.1 Å². The maximum atomic E-state index is 13.6. The van der Waals surface area contributed by atoms with Gasteiger partial charge >= 0.3 is 6.09 Å². The van der Waals surface area contributed by atoms with E-state index >= 15 is 0 Å². The van der Waals surface area contributed by atoms with Crippen LogP contribution < -0.4 is 15.5 Å². The molecule has 2 N–H and O–H groups in total. The molecule has 9 nitrogen and oxygen atoms in total. The minimum atomic E-state index is -1.01. The molecule has 1 aromatic heterocycles. The van der Waals surface area contributed by atoms with Gasteiger partial charge < -0.3 is 15.4 Å². The van der Waals surface area contributed by atoms with Crippen LogP contribution in [0.3, 0.4) is 0 Å². The first kappa shape index (κ1) is 27.3. The van der Waals surface area contributed by atoms with Gasteiger partial charge in [-0.25, -0.2) is 4.79 Å². The number of thiol groups is 1. The zero-order valence-corrected chi connectivity index (χ0v) is 21.7. The smallest absolute Gasteiger partial charge is 0.423 e. The molecule has 0 aliphatic heterocycles. The number of carbonyl (C=O) groups is 3. The number of nitrogens with zero attached hydrogens (tertiary/aromatic N) is 3. The molecule has 0 aliphatic rings. The van der Waals surface area contributed by atoms with Gasteiger partial charge in [0.15, 0.2) is 0 Å². The van der Waals surface area contributed by atoms with Crippen LogP contribution in [0.2, 0.25) is 0 Å². The summed E-state index contributed by atoms with van der Waals surface area (Å²) in [5, 5.41) is 13.6. The lowest BCUT2D eigenvalue weighted by Gasteiger charge is -2.28. The summed E-state index contributed by atoms with van der Waals surface area (Å²) in [5.74, 6) is -1.16. The maximum absolute atomic E-state index is 13.6. The van der Waals surface area contributed by atoms with Crippen molar-refractivity contribution in [2.24, 2.45) is 5.92 Å². The second-order valence-electron chi connectivity index (χ2n) is 8.27. The molecule has 2 aromatic carbocycles. The van der Waals surface area contributed by atoms with Gasteiger partial charge in [-0.3, -0.25) is 9.59 Å². The van der Waals surface area contributed by atoms with Gasteiger partial charge in [0.25, 0.3) is 5.91 Å². The van der Waals surface area contributed by atoms with Gasteiger partial charge in [0, 0.05) is 12.3 Å². The molecule has 1 heterocycles. The Kier molecular flexibility index (Phi) is 10.4. The molecule has 2 atom stereocenters. The second-order valence-corrected chi connectivity index (χ2v) is 9.44. The molecule has 0 fully saturated rings. The number of carbonyl (C=O) groups excluding carboxylic acids is 3. The number of anilines is 1. The van der Waals surface area contributed by atoms with Gasteiger partial charge in [-0.15, -0.1) is 10.2 Å². The SMILES string of the molecule is CC(C)C(NC(=O)C(CS)NCc1ccccc1)C(=O)N(C(=O)OCc1ccccc1)c1nncs1. The summed E-state index contributed by atoms with van der Waals surface area (Å²) >= 11 is 5.32. The van der Waals surface area contributed by atoms with Crippen LogP contribution in [0.15, 0.2) is 66.2 Å². The van der Waals surface area contributed by atoms with E-state index in [0.717, 1.165) is 27.4 Å². The van der Waals surface area contributed by atoms with Crippen LogP contribution in [-0.2, 0) is 27.5 Å². The van der Waals surface area contributed by atoms with E-state index in [-0.39, 0.29) is 23.4 Å². The Morgan fingerprint density at radius 3 is 2.22 bits per heavy atom. The number of ether oxygens (including phenoxy) is 1. The van der Waals surface area contributed by atoms with Gasteiger partial charge in [0.2, 0.25) is 11.0 Å². The van der Waals surface area contributed by atoms with Crippen molar-refractivity contribution in [3.8, 4) is 0 Å². The summed E-state index contributed by atoms with van der Waals surface area (Å²) in [6, 6.07) is 17.1. The van der Waals surface area contributed by atoms with Gasteiger partial charge in [0.1, 0.15) is 18.2 Å². The monoisotopic (exact) mass is 527 g/mol. The predicted molar refractivity (Wildman–Crippen MR) is 142 cm³/mol. The van der Waals surface area contributed by atoms with Crippen molar-refractivity contribution >= 4 is 47.0 Å². The minimum absolute atomic E-state index is 0.0217. The molecule has 0 saturated carbocycles. The lowest BCUT2D eigenvalue weighted by molar-refractivity contribution is -0.129. The van der Waals surface area contributed by atoms with E-state index in [0.29, 0.717) is 6.54 Å². The molecule has 3 amide bonds. The molecular weight excluding hydrogens is 498 g/mol. The van der Waals surface area contributed by atoms with E-state index in [1.165, 1.54) is 5.51 Å². The third-order valence-corrected chi connectivity index (χ3v) is 6.31. The molecule has 0 radical (unpaired) electrons. The highest BCUT2D eigenvalue weighted by Gasteiger charge is 2.36. The standard InChI is InChI=1S/C25H29N5O4S2/c1-17(2)21(28-22(31)20(15-35)26-13-18-9-5-3-6-10-18)23(32)30(24-29-27-16-36-24)25(33)34-14-19-11-7-4-8-12-19/h3-12,16-17,20-21,26,35H,13-15H2,1-2H3,(H,28,31). The van der Waals surface area contributed by atoms with Gasteiger partial charge in [-0.05, 0) is 17.0 Å². The number of nitrogens with one attached hydrogen (secondary N) is 2. The number of aromatic nitrogens is 2. The predicted octanol–water partition coefficient (Wildman–Crippen LogP) is 3.44. The van der Waals surface area contributed by atoms with Crippen molar-refractivity contribution in [2.75, 3.05) is 10.7 Å². The normalized spacial score (nSPS) is 12.6. The van der Waals surface area contributed by atoms with E-state index in [1.54, 1.807) is 13.8 Å². The quantitative estimate of drug-likeness (QED) is 0.328. The zero-order chi connectivity index (χ0) is 25.9. The van der Waals surface area contributed by atoms with Crippen molar-refractivity contribution in [2.45, 2.75) is 39.1 Å². The molecule has 3 aromatic rings. The fraction of sp³-hybridized carbons (Fsp3) is 0.320. The number of rotatable bonds is 11. The molecule has 3 rings (SSSR count). The number of hydrogen-bond donors (Lipinski definition) is 3. The molecular formula is C25H29N5O4S2. The molecule has 190 valence electrons. The minimum Gasteiger partial charge on any atom is -0.444 e. The Bertz CT molecular complexity index is 1110. The van der Waals surface area contributed by atoms with E-state index in [2.05, 4.69) is 33.5 Å². The first-order valence-corrected chi connectivity index (χ1v) is 12.9. The summed E-state index contributed by atoms with van der Waals surface area (Å²) in [5.41, 5.74) is 3.19. The average Bonchev–Trinajstić information content (AvgIpc) is 3.42. The Balaban J connectivity index is 1.72. The summed E-state index contributed by atoms with van der Waals surface area (Å²) in [6.45, 7) is 4.00. The van der Waals surface area contributed by atoms with Crippen LogP contribution in [0.1, 0.15) is 25.0 Å².